The van der Waals surface area contributed by atoms with E-state index in [0.29, 0.717) is 19.6 Å². The first-order chi connectivity index (χ1) is 11.3. The second kappa shape index (κ2) is 7.34. The number of carbonyl (C=O) groups excluding carboxylic acids is 1. The third-order valence-electron chi connectivity index (χ3n) is 4.03. The third-order valence-corrected chi connectivity index (χ3v) is 4.03. The molecule has 1 fully saturated rings. The number of nitrogens with one attached hydrogen (secondary N) is 1. The van der Waals surface area contributed by atoms with Gasteiger partial charge in [0.15, 0.2) is 0 Å². The van der Waals surface area contributed by atoms with Crippen LogP contribution in [0, 0.1) is 0 Å². The monoisotopic (exact) mass is 315 g/mol. The fourth-order valence-electron chi connectivity index (χ4n) is 2.74. The third kappa shape index (κ3) is 3.94. The van der Waals surface area contributed by atoms with Gasteiger partial charge in [0, 0.05) is 13.1 Å². The van der Waals surface area contributed by atoms with Crippen LogP contribution >= 0.6 is 0 Å². The summed E-state index contributed by atoms with van der Waals surface area (Å²) in [6, 6.07) is 7.97. The van der Waals surface area contributed by atoms with E-state index in [1.54, 1.807) is 11.0 Å². The van der Waals surface area contributed by atoms with Crippen LogP contribution in [0.15, 0.2) is 36.9 Å². The van der Waals surface area contributed by atoms with Gasteiger partial charge in [-0.3, -0.25) is 4.79 Å². The molecule has 0 saturated carbocycles. The number of nitrogens with two attached hydrogens (primary N) is 1. The lowest BCUT2D eigenvalue weighted by Crippen LogP contribution is -2.35. The molecule has 122 valence electrons. The van der Waals surface area contributed by atoms with Gasteiger partial charge >= 0.3 is 0 Å². The van der Waals surface area contributed by atoms with Gasteiger partial charge in [0.05, 0.1) is 12.6 Å². The Balaban J connectivity index is 1.59. The zero-order valence-electron chi connectivity index (χ0n) is 12.9. The molecule has 2 heterocycles. The Hall–Kier alpha value is -2.25. The van der Waals surface area contributed by atoms with Gasteiger partial charge in [-0.25, -0.2) is 9.67 Å². The van der Waals surface area contributed by atoms with Crippen molar-refractivity contribution >= 4 is 5.91 Å². The Kier molecular flexibility index (Phi) is 4.99. The molecule has 2 aromatic rings. The molecule has 2 atom stereocenters. The highest BCUT2D eigenvalue weighted by molar-refractivity contribution is 5.81. The minimum Gasteiger partial charge on any atom is -0.364 e. The van der Waals surface area contributed by atoms with E-state index in [9.17, 15) is 4.79 Å². The van der Waals surface area contributed by atoms with Crippen molar-refractivity contribution < 1.29 is 9.53 Å². The fraction of sp³-hybridized carbons (Fsp3) is 0.438. The van der Waals surface area contributed by atoms with Crippen LogP contribution in [0.3, 0.4) is 0 Å². The Morgan fingerprint density at radius 1 is 1.35 bits per heavy atom. The van der Waals surface area contributed by atoms with Gasteiger partial charge in [0.2, 0.25) is 5.91 Å². The average molecular weight is 315 g/mol. The molecule has 1 amide bonds. The quantitative estimate of drug-likeness (QED) is 0.807. The van der Waals surface area contributed by atoms with Crippen LogP contribution in [0.1, 0.15) is 24.0 Å². The lowest BCUT2D eigenvalue weighted by atomic mass is 10.1. The summed E-state index contributed by atoms with van der Waals surface area (Å²) in [5.74, 6) is -0.0727. The normalized spacial score (nSPS) is 20.6. The van der Waals surface area contributed by atoms with E-state index >= 15 is 0 Å². The minimum atomic E-state index is -0.383. The molecule has 0 aliphatic carbocycles. The van der Waals surface area contributed by atoms with Gasteiger partial charge < -0.3 is 15.8 Å². The predicted octanol–water partition coefficient (Wildman–Crippen LogP) is 0.449. The number of benzene rings is 1. The fourth-order valence-corrected chi connectivity index (χ4v) is 2.74. The zero-order chi connectivity index (χ0) is 16.1. The van der Waals surface area contributed by atoms with Crippen LogP contribution in [0.25, 0.3) is 0 Å². The molecule has 0 radical (unpaired) electrons. The number of carbonyl (C=O) groups is 1. The largest absolute Gasteiger partial charge is 0.364 e. The highest BCUT2D eigenvalue weighted by Crippen LogP contribution is 2.19. The number of rotatable bonds is 6. The molecule has 3 rings (SSSR count). The molecule has 1 aromatic heterocycles. The van der Waals surface area contributed by atoms with Gasteiger partial charge in [0.25, 0.3) is 0 Å². The second-order valence-electron chi connectivity index (χ2n) is 5.64. The zero-order valence-corrected chi connectivity index (χ0v) is 12.9. The van der Waals surface area contributed by atoms with E-state index in [0.717, 1.165) is 24.0 Å². The lowest BCUT2D eigenvalue weighted by Gasteiger charge is -2.14. The molecule has 0 unspecified atom stereocenters. The van der Waals surface area contributed by atoms with Crippen LogP contribution in [-0.4, -0.2) is 39.4 Å². The maximum Gasteiger partial charge on any atom is 0.249 e. The molecule has 1 aromatic carbocycles. The van der Waals surface area contributed by atoms with Crippen LogP contribution in [0.4, 0.5) is 0 Å². The second-order valence-corrected chi connectivity index (χ2v) is 5.64. The highest BCUT2D eigenvalue weighted by Gasteiger charge is 2.29. The molecule has 23 heavy (non-hydrogen) atoms. The summed E-state index contributed by atoms with van der Waals surface area (Å²) in [6.45, 7) is 1.56. The van der Waals surface area contributed by atoms with Gasteiger partial charge in [-0.2, -0.15) is 5.10 Å². The Morgan fingerprint density at radius 3 is 2.87 bits per heavy atom. The Morgan fingerprint density at radius 2 is 2.17 bits per heavy atom. The summed E-state index contributed by atoms with van der Waals surface area (Å²) >= 11 is 0. The van der Waals surface area contributed by atoms with Crippen molar-refractivity contribution in [1.29, 1.82) is 0 Å². The molecule has 7 heteroatoms. The van der Waals surface area contributed by atoms with Crippen molar-refractivity contribution in [2.75, 3.05) is 6.54 Å². The summed E-state index contributed by atoms with van der Waals surface area (Å²) in [7, 11) is 0. The molecule has 0 bridgehead atoms. The molecule has 1 saturated heterocycles. The van der Waals surface area contributed by atoms with Gasteiger partial charge in [-0.05, 0) is 24.0 Å². The number of amides is 1. The van der Waals surface area contributed by atoms with Gasteiger partial charge in [-0.1, -0.05) is 24.3 Å². The molecular formula is C16H21N5O2. The van der Waals surface area contributed by atoms with E-state index in [1.165, 1.54) is 6.33 Å². The standard InChI is InChI=1S/C16H21N5O2/c17-7-14-5-6-15(23-14)16(22)19-8-12-3-1-2-4-13(12)9-21-11-18-10-20-21/h1-4,10-11,14-15H,5-9,17H2,(H,19,22)/t14-,15+/m1/s1. The molecule has 1 aliphatic rings. The lowest BCUT2D eigenvalue weighted by molar-refractivity contribution is -0.132. The average Bonchev–Trinajstić information content (AvgIpc) is 3.25. The number of hydrogen-bond donors (Lipinski definition) is 2. The summed E-state index contributed by atoms with van der Waals surface area (Å²) in [5, 5.41) is 7.07. The van der Waals surface area contributed by atoms with Crippen molar-refractivity contribution in [3.63, 3.8) is 0 Å². The highest BCUT2D eigenvalue weighted by atomic mass is 16.5. The number of ether oxygens (including phenoxy) is 1. The topological polar surface area (TPSA) is 95.1 Å². The Bertz CT molecular complexity index is 644. The van der Waals surface area contributed by atoms with Crippen LogP contribution in [0.2, 0.25) is 0 Å². The van der Waals surface area contributed by atoms with Crippen LogP contribution in [-0.2, 0) is 22.6 Å². The molecule has 7 nitrogen and oxygen atoms in total. The van der Waals surface area contributed by atoms with Crippen molar-refractivity contribution in [2.24, 2.45) is 5.73 Å². The van der Waals surface area contributed by atoms with E-state index < -0.39 is 0 Å². The summed E-state index contributed by atoms with van der Waals surface area (Å²) < 4.78 is 7.37. The number of hydrogen-bond acceptors (Lipinski definition) is 5. The van der Waals surface area contributed by atoms with E-state index in [1.807, 2.05) is 24.3 Å². The predicted molar refractivity (Wildman–Crippen MR) is 84.4 cm³/mol. The van der Waals surface area contributed by atoms with Crippen molar-refractivity contribution in [3.8, 4) is 0 Å². The minimum absolute atomic E-state index is 0.00496. The van der Waals surface area contributed by atoms with E-state index in [2.05, 4.69) is 15.4 Å². The number of nitrogens with zero attached hydrogens (tertiary/aromatic N) is 3. The van der Waals surface area contributed by atoms with Crippen LogP contribution < -0.4 is 11.1 Å². The molecule has 1 aliphatic heterocycles. The van der Waals surface area contributed by atoms with E-state index in [-0.39, 0.29) is 18.1 Å². The molecule has 0 spiro atoms. The maximum atomic E-state index is 12.2. The van der Waals surface area contributed by atoms with Crippen molar-refractivity contribution in [2.45, 2.75) is 38.1 Å². The number of aromatic nitrogens is 3. The first kappa shape index (κ1) is 15.6. The first-order valence-corrected chi connectivity index (χ1v) is 7.78. The first-order valence-electron chi connectivity index (χ1n) is 7.78. The summed E-state index contributed by atoms with van der Waals surface area (Å²) in [5.41, 5.74) is 7.74. The van der Waals surface area contributed by atoms with E-state index in [4.69, 9.17) is 10.5 Å². The van der Waals surface area contributed by atoms with Crippen molar-refractivity contribution in [3.05, 3.63) is 48.0 Å². The van der Waals surface area contributed by atoms with Gasteiger partial charge in [0.1, 0.15) is 18.8 Å². The van der Waals surface area contributed by atoms with Crippen LogP contribution in [0.5, 0.6) is 0 Å². The summed E-state index contributed by atoms with van der Waals surface area (Å²) in [4.78, 5) is 16.1. The smallest absolute Gasteiger partial charge is 0.249 e. The molecular weight excluding hydrogens is 294 g/mol. The molecule has 3 N–H and O–H groups in total. The SMILES string of the molecule is NC[C@H]1CC[C@@H](C(=O)NCc2ccccc2Cn2cncn2)O1. The van der Waals surface area contributed by atoms with Crippen molar-refractivity contribution in [1.82, 2.24) is 20.1 Å². The van der Waals surface area contributed by atoms with Gasteiger partial charge in [-0.15, -0.1) is 0 Å². The summed E-state index contributed by atoms with van der Waals surface area (Å²) in [6.07, 6.45) is 4.38. The maximum absolute atomic E-state index is 12.2. The Labute approximate surface area is 134 Å².